The van der Waals surface area contributed by atoms with Crippen LogP contribution in [0.4, 0.5) is 0 Å². The molecular weight excluding hydrogens is 224 g/mol. The Bertz CT molecular complexity index is 250. The molecule has 1 aliphatic rings. The maximum atomic E-state index is 11.7. The van der Waals surface area contributed by atoms with Crippen LogP contribution in [0, 0.1) is 0 Å². The molecule has 0 bridgehead atoms. The lowest BCUT2D eigenvalue weighted by molar-refractivity contribution is -0.132. The van der Waals surface area contributed by atoms with Crippen molar-refractivity contribution in [3.05, 3.63) is 0 Å². The largest absolute Gasteiger partial charge is 0.355 e. The minimum Gasteiger partial charge on any atom is -0.355 e. The highest BCUT2D eigenvalue weighted by Crippen LogP contribution is 2.09. The van der Waals surface area contributed by atoms with E-state index in [2.05, 4.69) is 17.9 Å². The fraction of sp³-hybridized carbons (Fsp3) is 0.818. The number of carbonyl (C=O) groups excluding carboxylic acids is 2. The summed E-state index contributed by atoms with van der Waals surface area (Å²) in [6.07, 6.45) is 3.82. The standard InChI is InChI=1S/C11H20N2O2S/c1-9(16)11(15)12-6-5-10(14)13-7-3-2-4-8-13/h9,16H,2-8H2,1H3,(H,12,15). The molecule has 1 aliphatic heterocycles. The van der Waals surface area contributed by atoms with Crippen LogP contribution in [-0.4, -0.2) is 41.6 Å². The number of likely N-dealkylation sites (tertiary alicyclic amines) is 1. The van der Waals surface area contributed by atoms with E-state index in [1.54, 1.807) is 6.92 Å². The van der Waals surface area contributed by atoms with Crippen LogP contribution in [0.25, 0.3) is 0 Å². The van der Waals surface area contributed by atoms with E-state index in [0.717, 1.165) is 25.9 Å². The molecule has 1 heterocycles. The highest BCUT2D eigenvalue weighted by atomic mass is 32.1. The summed E-state index contributed by atoms with van der Waals surface area (Å²) in [5.74, 6) is 0.0293. The van der Waals surface area contributed by atoms with Gasteiger partial charge in [0, 0.05) is 26.1 Å². The normalized spacial score (nSPS) is 18.0. The van der Waals surface area contributed by atoms with Crippen molar-refractivity contribution in [3.8, 4) is 0 Å². The molecule has 0 spiro atoms. The number of hydrogen-bond acceptors (Lipinski definition) is 3. The molecule has 92 valence electrons. The molecule has 1 rings (SSSR count). The number of nitrogens with one attached hydrogen (secondary N) is 1. The minimum atomic E-state index is -0.315. The number of amides is 2. The van der Waals surface area contributed by atoms with Crippen LogP contribution in [0.5, 0.6) is 0 Å². The summed E-state index contributed by atoms with van der Waals surface area (Å²) in [5, 5.41) is 2.37. The molecule has 0 aromatic carbocycles. The van der Waals surface area contributed by atoms with Crippen molar-refractivity contribution in [1.29, 1.82) is 0 Å². The lowest BCUT2D eigenvalue weighted by atomic mass is 10.1. The summed E-state index contributed by atoms with van der Waals surface area (Å²) < 4.78 is 0. The van der Waals surface area contributed by atoms with Gasteiger partial charge in [0.05, 0.1) is 5.25 Å². The Morgan fingerprint density at radius 2 is 1.94 bits per heavy atom. The van der Waals surface area contributed by atoms with E-state index in [9.17, 15) is 9.59 Å². The molecule has 2 amide bonds. The molecule has 1 unspecified atom stereocenters. The van der Waals surface area contributed by atoms with Gasteiger partial charge in [-0.2, -0.15) is 12.6 Å². The van der Waals surface area contributed by atoms with Gasteiger partial charge in [-0.05, 0) is 26.2 Å². The second kappa shape index (κ2) is 6.78. The van der Waals surface area contributed by atoms with Crippen molar-refractivity contribution < 1.29 is 9.59 Å². The van der Waals surface area contributed by atoms with Crippen molar-refractivity contribution >= 4 is 24.4 Å². The number of nitrogens with zero attached hydrogens (tertiary/aromatic N) is 1. The van der Waals surface area contributed by atoms with Crippen LogP contribution in [0.3, 0.4) is 0 Å². The summed E-state index contributed by atoms with van der Waals surface area (Å²) in [4.78, 5) is 24.8. The Morgan fingerprint density at radius 1 is 1.31 bits per heavy atom. The maximum absolute atomic E-state index is 11.7. The average Bonchev–Trinajstić information content (AvgIpc) is 2.29. The van der Waals surface area contributed by atoms with Gasteiger partial charge in [0.2, 0.25) is 11.8 Å². The second-order valence-corrected chi connectivity index (χ2v) is 4.93. The Hall–Kier alpha value is -0.710. The number of thiol groups is 1. The minimum absolute atomic E-state index is 0.116. The summed E-state index contributed by atoms with van der Waals surface area (Å²) in [5.41, 5.74) is 0. The Kier molecular flexibility index (Phi) is 5.66. The first-order valence-corrected chi connectivity index (χ1v) is 6.36. The van der Waals surface area contributed by atoms with E-state index in [1.807, 2.05) is 4.90 Å². The van der Waals surface area contributed by atoms with E-state index in [1.165, 1.54) is 6.42 Å². The van der Waals surface area contributed by atoms with Gasteiger partial charge in [-0.3, -0.25) is 9.59 Å². The van der Waals surface area contributed by atoms with E-state index in [-0.39, 0.29) is 17.1 Å². The Balaban J connectivity index is 2.17. The lowest BCUT2D eigenvalue weighted by Gasteiger charge is -2.26. The summed E-state index contributed by atoms with van der Waals surface area (Å²) in [7, 11) is 0. The van der Waals surface area contributed by atoms with Gasteiger partial charge >= 0.3 is 0 Å². The molecule has 0 radical (unpaired) electrons. The Morgan fingerprint density at radius 3 is 2.50 bits per heavy atom. The third-order valence-electron chi connectivity index (χ3n) is 2.73. The van der Waals surface area contributed by atoms with E-state index >= 15 is 0 Å². The fourth-order valence-corrected chi connectivity index (χ4v) is 1.83. The third kappa shape index (κ3) is 4.43. The molecule has 16 heavy (non-hydrogen) atoms. The predicted molar refractivity (Wildman–Crippen MR) is 66.5 cm³/mol. The van der Waals surface area contributed by atoms with Crippen LogP contribution in [0.2, 0.25) is 0 Å². The monoisotopic (exact) mass is 244 g/mol. The molecule has 4 nitrogen and oxygen atoms in total. The van der Waals surface area contributed by atoms with Crippen molar-refractivity contribution in [1.82, 2.24) is 10.2 Å². The summed E-state index contributed by atoms with van der Waals surface area (Å²) >= 11 is 4.01. The van der Waals surface area contributed by atoms with Crippen molar-refractivity contribution in [2.24, 2.45) is 0 Å². The first-order chi connectivity index (χ1) is 7.61. The van der Waals surface area contributed by atoms with Gasteiger partial charge in [0.1, 0.15) is 0 Å². The fourth-order valence-electron chi connectivity index (χ4n) is 1.74. The van der Waals surface area contributed by atoms with E-state index < -0.39 is 0 Å². The quantitative estimate of drug-likeness (QED) is 0.720. The molecule has 0 aliphatic carbocycles. The molecule has 1 fully saturated rings. The van der Waals surface area contributed by atoms with Crippen LogP contribution in [0.1, 0.15) is 32.6 Å². The number of piperidine rings is 1. The lowest BCUT2D eigenvalue weighted by Crippen LogP contribution is -2.38. The van der Waals surface area contributed by atoms with E-state index in [4.69, 9.17) is 0 Å². The number of rotatable bonds is 4. The zero-order valence-electron chi connectivity index (χ0n) is 9.74. The van der Waals surface area contributed by atoms with Gasteiger partial charge in [0.25, 0.3) is 0 Å². The zero-order valence-corrected chi connectivity index (χ0v) is 10.6. The smallest absolute Gasteiger partial charge is 0.232 e. The Labute approximate surface area is 102 Å². The van der Waals surface area contributed by atoms with Crippen molar-refractivity contribution in [2.75, 3.05) is 19.6 Å². The first-order valence-electron chi connectivity index (χ1n) is 5.85. The van der Waals surface area contributed by atoms with Crippen LogP contribution in [0.15, 0.2) is 0 Å². The van der Waals surface area contributed by atoms with Gasteiger partial charge in [-0.25, -0.2) is 0 Å². The maximum Gasteiger partial charge on any atom is 0.232 e. The molecule has 1 atom stereocenters. The molecule has 1 N–H and O–H groups in total. The van der Waals surface area contributed by atoms with Gasteiger partial charge in [0.15, 0.2) is 0 Å². The topological polar surface area (TPSA) is 49.4 Å². The molecular formula is C11H20N2O2S. The number of hydrogen-bond donors (Lipinski definition) is 2. The second-order valence-electron chi connectivity index (χ2n) is 4.16. The van der Waals surface area contributed by atoms with Crippen LogP contribution >= 0.6 is 12.6 Å². The average molecular weight is 244 g/mol. The molecule has 1 saturated heterocycles. The van der Waals surface area contributed by atoms with Gasteiger partial charge < -0.3 is 10.2 Å². The molecule has 0 aromatic rings. The molecule has 0 saturated carbocycles. The van der Waals surface area contributed by atoms with Crippen LogP contribution in [-0.2, 0) is 9.59 Å². The van der Waals surface area contributed by atoms with Crippen LogP contribution < -0.4 is 5.32 Å². The highest BCUT2D eigenvalue weighted by Gasteiger charge is 2.16. The molecule has 0 aromatic heterocycles. The van der Waals surface area contributed by atoms with E-state index in [0.29, 0.717) is 13.0 Å². The van der Waals surface area contributed by atoms with Crippen molar-refractivity contribution in [3.63, 3.8) is 0 Å². The van der Waals surface area contributed by atoms with Gasteiger partial charge in [-0.15, -0.1) is 0 Å². The molecule has 5 heteroatoms. The van der Waals surface area contributed by atoms with Gasteiger partial charge in [-0.1, -0.05) is 0 Å². The van der Waals surface area contributed by atoms with Crippen molar-refractivity contribution in [2.45, 2.75) is 37.9 Å². The first kappa shape index (κ1) is 13.4. The number of carbonyl (C=O) groups is 2. The SMILES string of the molecule is CC(S)C(=O)NCCC(=O)N1CCCCC1. The summed E-state index contributed by atoms with van der Waals surface area (Å²) in [6, 6.07) is 0. The summed E-state index contributed by atoms with van der Waals surface area (Å²) in [6.45, 7) is 3.87. The third-order valence-corrected chi connectivity index (χ3v) is 2.96. The predicted octanol–water partition coefficient (Wildman–Crippen LogP) is 0.823. The zero-order chi connectivity index (χ0) is 12.0. The highest BCUT2D eigenvalue weighted by molar-refractivity contribution is 7.81.